The molecule has 1 heterocycles. The van der Waals surface area contributed by atoms with Crippen LogP contribution in [0.15, 0.2) is 42.6 Å². The first kappa shape index (κ1) is 15.0. The van der Waals surface area contributed by atoms with Gasteiger partial charge in [-0.2, -0.15) is 5.26 Å². The molecule has 0 bridgehead atoms. The van der Waals surface area contributed by atoms with Crippen LogP contribution in [0.25, 0.3) is 21.0 Å². The summed E-state index contributed by atoms with van der Waals surface area (Å²) in [6.07, 6.45) is 3.80. The molecule has 24 heavy (non-hydrogen) atoms. The number of halogens is 1. The van der Waals surface area contributed by atoms with Gasteiger partial charge in [0.25, 0.3) is 0 Å². The third-order valence-corrected chi connectivity index (χ3v) is 5.50. The van der Waals surface area contributed by atoms with Gasteiger partial charge in [0, 0.05) is 17.8 Å². The largest absolute Gasteiger partial charge is 0.324 e. The fraction of sp³-hybridized carbons (Fsp3) is 0.158. The van der Waals surface area contributed by atoms with Gasteiger partial charge in [-0.25, -0.2) is 9.37 Å². The Labute approximate surface area is 143 Å². The summed E-state index contributed by atoms with van der Waals surface area (Å²) in [6, 6.07) is 12.7. The maximum atomic E-state index is 13.5. The molecular formula is C19H14FN3S. The Balaban J connectivity index is 1.76. The number of nitriles is 1. The second kappa shape index (κ2) is 5.82. The van der Waals surface area contributed by atoms with Crippen LogP contribution in [0.2, 0.25) is 0 Å². The predicted molar refractivity (Wildman–Crippen MR) is 92.9 cm³/mol. The van der Waals surface area contributed by atoms with Crippen molar-refractivity contribution in [1.82, 2.24) is 4.98 Å². The Kier molecular flexibility index (Phi) is 3.64. The number of rotatable bonds is 2. The first-order chi connectivity index (χ1) is 11.7. The second-order valence-electron chi connectivity index (χ2n) is 5.85. The van der Waals surface area contributed by atoms with Crippen molar-refractivity contribution in [3.63, 3.8) is 0 Å². The molecule has 0 saturated heterocycles. The van der Waals surface area contributed by atoms with Gasteiger partial charge in [-0.05, 0) is 47.7 Å². The Morgan fingerprint density at radius 2 is 2.17 bits per heavy atom. The number of nitrogens with two attached hydrogens (primary N) is 1. The molecule has 1 aromatic heterocycles. The first-order valence-corrected chi connectivity index (χ1v) is 8.52. The van der Waals surface area contributed by atoms with Crippen LogP contribution in [0.4, 0.5) is 4.39 Å². The van der Waals surface area contributed by atoms with Crippen molar-refractivity contribution >= 4 is 11.3 Å². The molecule has 3 aromatic rings. The third-order valence-electron chi connectivity index (χ3n) is 4.42. The highest BCUT2D eigenvalue weighted by Crippen LogP contribution is 2.40. The number of aromatic nitrogens is 1. The molecule has 1 atom stereocenters. The van der Waals surface area contributed by atoms with Gasteiger partial charge in [-0.3, -0.25) is 0 Å². The average molecular weight is 335 g/mol. The van der Waals surface area contributed by atoms with Crippen LogP contribution in [0.1, 0.15) is 29.2 Å². The van der Waals surface area contributed by atoms with Crippen LogP contribution in [0.5, 0.6) is 0 Å². The van der Waals surface area contributed by atoms with Gasteiger partial charge < -0.3 is 5.73 Å². The average Bonchev–Trinajstić information content (AvgIpc) is 3.23. The molecule has 0 amide bonds. The lowest BCUT2D eigenvalue weighted by atomic mass is 10.0. The minimum Gasteiger partial charge on any atom is -0.324 e. The summed E-state index contributed by atoms with van der Waals surface area (Å²) < 4.78 is 13.5. The zero-order chi connectivity index (χ0) is 16.7. The summed E-state index contributed by atoms with van der Waals surface area (Å²) in [4.78, 5) is 5.54. The number of benzene rings is 2. The van der Waals surface area contributed by atoms with Crippen LogP contribution >= 0.6 is 11.3 Å². The molecule has 0 radical (unpaired) electrons. The van der Waals surface area contributed by atoms with E-state index in [1.807, 2.05) is 18.3 Å². The molecule has 3 nitrogen and oxygen atoms in total. The van der Waals surface area contributed by atoms with Gasteiger partial charge in [0.15, 0.2) is 0 Å². The van der Waals surface area contributed by atoms with Crippen LogP contribution in [-0.4, -0.2) is 4.98 Å². The van der Waals surface area contributed by atoms with E-state index in [4.69, 9.17) is 11.0 Å². The third kappa shape index (κ3) is 2.41. The molecule has 1 aliphatic carbocycles. The van der Waals surface area contributed by atoms with Crippen molar-refractivity contribution < 1.29 is 4.39 Å². The van der Waals surface area contributed by atoms with Crippen LogP contribution in [0, 0.1) is 17.1 Å². The van der Waals surface area contributed by atoms with Gasteiger partial charge >= 0.3 is 0 Å². The predicted octanol–water partition coefficient (Wildman–Crippen LogP) is 4.43. The van der Waals surface area contributed by atoms with Gasteiger partial charge in [0.05, 0.1) is 10.4 Å². The van der Waals surface area contributed by atoms with Crippen LogP contribution < -0.4 is 5.73 Å². The molecule has 118 valence electrons. The zero-order valence-electron chi connectivity index (χ0n) is 12.8. The number of nitrogens with zero attached hydrogens (tertiary/aromatic N) is 2. The first-order valence-electron chi connectivity index (χ1n) is 7.71. The van der Waals surface area contributed by atoms with Crippen LogP contribution in [-0.2, 0) is 6.42 Å². The highest BCUT2D eigenvalue weighted by Gasteiger charge is 2.22. The quantitative estimate of drug-likeness (QED) is 0.753. The molecule has 0 aliphatic heterocycles. The Morgan fingerprint density at radius 3 is 3.00 bits per heavy atom. The summed E-state index contributed by atoms with van der Waals surface area (Å²) in [5.41, 5.74) is 10.6. The normalized spacial score (nSPS) is 16.0. The fourth-order valence-corrected chi connectivity index (χ4v) is 4.16. The molecule has 0 fully saturated rings. The van der Waals surface area contributed by atoms with Gasteiger partial charge in [0.2, 0.25) is 0 Å². The summed E-state index contributed by atoms with van der Waals surface area (Å²) in [5, 5.41) is 9.76. The number of fused-ring (bicyclic) bond motifs is 1. The highest BCUT2D eigenvalue weighted by molar-refractivity contribution is 7.18. The molecule has 2 aromatic carbocycles. The zero-order valence-corrected chi connectivity index (χ0v) is 13.6. The van der Waals surface area contributed by atoms with Crippen molar-refractivity contribution in [3.8, 4) is 27.1 Å². The number of hydrogen-bond donors (Lipinski definition) is 1. The Morgan fingerprint density at radius 1 is 1.29 bits per heavy atom. The molecule has 4 rings (SSSR count). The van der Waals surface area contributed by atoms with E-state index in [9.17, 15) is 4.39 Å². The van der Waals surface area contributed by atoms with E-state index in [0.717, 1.165) is 28.3 Å². The molecule has 2 N–H and O–H groups in total. The molecular weight excluding hydrogens is 321 g/mol. The molecule has 0 unspecified atom stereocenters. The minimum atomic E-state index is -0.507. The monoisotopic (exact) mass is 335 g/mol. The Bertz CT molecular complexity index is 971. The van der Waals surface area contributed by atoms with Gasteiger partial charge in [-0.15, -0.1) is 11.3 Å². The van der Waals surface area contributed by atoms with Gasteiger partial charge in [-0.1, -0.05) is 18.2 Å². The van der Waals surface area contributed by atoms with Crippen LogP contribution in [0.3, 0.4) is 0 Å². The van der Waals surface area contributed by atoms with Crippen molar-refractivity contribution in [2.45, 2.75) is 18.9 Å². The summed E-state index contributed by atoms with van der Waals surface area (Å²) in [6.45, 7) is 0. The van der Waals surface area contributed by atoms with Crippen molar-refractivity contribution in [2.75, 3.05) is 0 Å². The Hall–Kier alpha value is -2.55. The lowest BCUT2D eigenvalue weighted by Gasteiger charge is -2.07. The summed E-state index contributed by atoms with van der Waals surface area (Å²) in [7, 11) is 0. The van der Waals surface area contributed by atoms with Gasteiger partial charge in [0.1, 0.15) is 16.9 Å². The molecule has 0 saturated carbocycles. The van der Waals surface area contributed by atoms with E-state index >= 15 is 0 Å². The van der Waals surface area contributed by atoms with E-state index in [2.05, 4.69) is 17.1 Å². The van der Waals surface area contributed by atoms with E-state index < -0.39 is 5.82 Å². The number of thiazole rings is 1. The summed E-state index contributed by atoms with van der Waals surface area (Å²) >= 11 is 1.55. The second-order valence-corrected chi connectivity index (χ2v) is 6.89. The number of hydrogen-bond acceptors (Lipinski definition) is 4. The lowest BCUT2D eigenvalue weighted by molar-refractivity contribution is 0.624. The maximum absolute atomic E-state index is 13.5. The smallest absolute Gasteiger partial charge is 0.140 e. The maximum Gasteiger partial charge on any atom is 0.140 e. The standard InChI is InChI=1S/C19H14FN3S/c20-16-6-4-11(8-12(16)9-21)19-23-10-18(24-19)15-3-1-2-14-13(15)5-7-17(14)22/h1-4,6,8,10,17H,5,7,22H2/t17-/m0/s1. The van der Waals surface area contributed by atoms with E-state index in [0.29, 0.717) is 0 Å². The molecule has 0 spiro atoms. The van der Waals surface area contributed by atoms with Crippen molar-refractivity contribution in [3.05, 3.63) is 65.1 Å². The topological polar surface area (TPSA) is 62.7 Å². The minimum absolute atomic E-state index is 0.0378. The summed E-state index contributed by atoms with van der Waals surface area (Å²) in [5.74, 6) is -0.507. The SMILES string of the molecule is N#Cc1cc(-c2ncc(-c3cccc4c3CC[C@@H]4N)s2)ccc1F. The van der Waals surface area contributed by atoms with E-state index in [1.165, 1.54) is 22.8 Å². The van der Waals surface area contributed by atoms with Crippen molar-refractivity contribution in [2.24, 2.45) is 5.73 Å². The van der Waals surface area contributed by atoms with E-state index in [1.54, 1.807) is 23.5 Å². The molecule has 1 aliphatic rings. The molecule has 5 heteroatoms. The fourth-order valence-electron chi connectivity index (χ4n) is 3.19. The van der Waals surface area contributed by atoms with E-state index in [-0.39, 0.29) is 11.6 Å². The highest BCUT2D eigenvalue weighted by atomic mass is 32.1. The van der Waals surface area contributed by atoms with Crippen molar-refractivity contribution in [1.29, 1.82) is 5.26 Å². The lowest BCUT2D eigenvalue weighted by Crippen LogP contribution is -2.04.